The van der Waals surface area contributed by atoms with Gasteiger partial charge in [0.15, 0.2) is 6.10 Å². The number of esters is 2. The van der Waals surface area contributed by atoms with Gasteiger partial charge in [-0.15, -0.1) is 10.1 Å². The van der Waals surface area contributed by atoms with Crippen molar-refractivity contribution >= 4 is 11.9 Å². The SMILES string of the molecule is CCOC(=O)C[C@@H](C[N+](C)(C)C)OC(=O)CCCCCCCCCCCCCCCO[N+](=O)[O-].[Cl-]. The van der Waals surface area contributed by atoms with Gasteiger partial charge in [0, 0.05) is 6.42 Å². The first kappa shape index (κ1) is 35.6. The van der Waals surface area contributed by atoms with Crippen molar-refractivity contribution in [2.45, 2.75) is 109 Å². The first-order chi connectivity index (χ1) is 16.1. The van der Waals surface area contributed by atoms with E-state index in [4.69, 9.17) is 9.47 Å². The third-order valence-electron chi connectivity index (χ3n) is 5.47. The number of carbonyl (C=O) groups is 2. The van der Waals surface area contributed by atoms with Gasteiger partial charge < -0.3 is 31.2 Å². The Kier molecular flexibility index (Phi) is 23.2. The normalized spacial score (nSPS) is 11.9. The molecular weight excluding hydrogens is 476 g/mol. The van der Waals surface area contributed by atoms with Crippen LogP contribution in [0.4, 0.5) is 0 Å². The Morgan fingerprint density at radius 3 is 1.69 bits per heavy atom. The van der Waals surface area contributed by atoms with Crippen LogP contribution in [-0.2, 0) is 23.9 Å². The van der Waals surface area contributed by atoms with Gasteiger partial charge >= 0.3 is 11.9 Å². The number of nitrogens with zero attached hydrogens (tertiary/aromatic N) is 2. The third-order valence-corrected chi connectivity index (χ3v) is 5.47. The van der Waals surface area contributed by atoms with Crippen LogP contribution in [0.25, 0.3) is 0 Å². The van der Waals surface area contributed by atoms with E-state index < -0.39 is 11.2 Å². The Morgan fingerprint density at radius 1 is 0.800 bits per heavy atom. The fourth-order valence-electron chi connectivity index (χ4n) is 3.86. The number of rotatable bonds is 23. The molecule has 0 aliphatic heterocycles. The van der Waals surface area contributed by atoms with E-state index in [1.54, 1.807) is 6.92 Å². The Morgan fingerprint density at radius 2 is 1.26 bits per heavy atom. The molecule has 0 saturated carbocycles. The molecular formula is C25H49ClN2O7. The number of ether oxygens (including phenoxy) is 2. The first-order valence-corrected chi connectivity index (χ1v) is 13.1. The van der Waals surface area contributed by atoms with Crippen molar-refractivity contribution in [3.63, 3.8) is 0 Å². The minimum atomic E-state index is -0.729. The van der Waals surface area contributed by atoms with Crippen molar-refractivity contribution in [3.8, 4) is 0 Å². The highest BCUT2D eigenvalue weighted by molar-refractivity contribution is 5.72. The molecule has 0 N–H and O–H groups in total. The highest BCUT2D eigenvalue weighted by Crippen LogP contribution is 2.14. The van der Waals surface area contributed by atoms with E-state index in [1.807, 2.05) is 21.1 Å². The van der Waals surface area contributed by atoms with E-state index in [9.17, 15) is 19.7 Å². The van der Waals surface area contributed by atoms with Crippen molar-refractivity contribution in [2.24, 2.45) is 0 Å². The molecule has 0 saturated heterocycles. The molecule has 0 aromatic rings. The van der Waals surface area contributed by atoms with Gasteiger partial charge in [0.25, 0.3) is 5.09 Å². The molecule has 9 nitrogen and oxygen atoms in total. The summed E-state index contributed by atoms with van der Waals surface area (Å²) in [6.07, 6.45) is 14.5. The number of unbranched alkanes of at least 4 members (excludes halogenated alkanes) is 12. The predicted octanol–water partition coefficient (Wildman–Crippen LogP) is 2.23. The summed E-state index contributed by atoms with van der Waals surface area (Å²) in [6, 6.07) is 0. The summed E-state index contributed by atoms with van der Waals surface area (Å²) in [4.78, 5) is 38.4. The summed E-state index contributed by atoms with van der Waals surface area (Å²) in [5.74, 6) is -0.554. The second kappa shape index (κ2) is 22.8. The van der Waals surface area contributed by atoms with Gasteiger partial charge in [-0.25, -0.2) is 0 Å². The van der Waals surface area contributed by atoms with Gasteiger partial charge in [-0.05, 0) is 19.8 Å². The van der Waals surface area contributed by atoms with E-state index in [0.717, 1.165) is 38.5 Å². The van der Waals surface area contributed by atoms with Crippen LogP contribution in [0.15, 0.2) is 0 Å². The molecule has 208 valence electrons. The van der Waals surface area contributed by atoms with Gasteiger partial charge in [0.05, 0.1) is 40.8 Å². The van der Waals surface area contributed by atoms with Crippen LogP contribution in [0.1, 0.15) is 103 Å². The molecule has 10 heteroatoms. The van der Waals surface area contributed by atoms with Crippen LogP contribution < -0.4 is 12.4 Å². The van der Waals surface area contributed by atoms with E-state index in [2.05, 4.69) is 4.84 Å². The summed E-state index contributed by atoms with van der Waals surface area (Å²) in [5, 5.41) is 9.30. The van der Waals surface area contributed by atoms with Gasteiger partial charge in [0.1, 0.15) is 6.54 Å². The number of hydrogen-bond donors (Lipinski definition) is 0. The fourth-order valence-corrected chi connectivity index (χ4v) is 3.86. The van der Waals surface area contributed by atoms with Crippen molar-refractivity contribution in [1.82, 2.24) is 0 Å². The fraction of sp³-hybridized carbons (Fsp3) is 0.920. The van der Waals surface area contributed by atoms with Crippen molar-refractivity contribution in [3.05, 3.63) is 10.1 Å². The van der Waals surface area contributed by atoms with E-state index in [1.165, 1.54) is 44.9 Å². The number of quaternary nitrogens is 1. The molecule has 0 amide bonds. The molecule has 0 rings (SSSR count). The lowest BCUT2D eigenvalue weighted by molar-refractivity contribution is -0.873. The maximum absolute atomic E-state index is 12.2. The van der Waals surface area contributed by atoms with Gasteiger partial charge in [-0.3, -0.25) is 9.59 Å². The van der Waals surface area contributed by atoms with Crippen LogP contribution in [0.5, 0.6) is 0 Å². The lowest BCUT2D eigenvalue weighted by Crippen LogP contribution is -3.00. The molecule has 0 heterocycles. The smallest absolute Gasteiger partial charge is 0.309 e. The summed E-state index contributed by atoms with van der Waals surface area (Å²) in [6.45, 7) is 2.88. The summed E-state index contributed by atoms with van der Waals surface area (Å²) >= 11 is 0. The molecule has 0 spiro atoms. The second-order valence-corrected chi connectivity index (χ2v) is 10.00. The van der Waals surface area contributed by atoms with Crippen LogP contribution in [0.2, 0.25) is 0 Å². The Hall–Kier alpha value is -1.61. The molecule has 1 atom stereocenters. The molecule has 0 aliphatic rings. The van der Waals surface area contributed by atoms with Crippen LogP contribution in [0, 0.1) is 10.1 Å². The first-order valence-electron chi connectivity index (χ1n) is 13.1. The summed E-state index contributed by atoms with van der Waals surface area (Å²) in [7, 11) is 6.02. The maximum atomic E-state index is 12.2. The lowest BCUT2D eigenvalue weighted by Gasteiger charge is -2.28. The quantitative estimate of drug-likeness (QED) is 0.0663. The molecule has 0 fully saturated rings. The second-order valence-electron chi connectivity index (χ2n) is 10.00. The Balaban J connectivity index is 0. The highest BCUT2D eigenvalue weighted by atomic mass is 35.5. The highest BCUT2D eigenvalue weighted by Gasteiger charge is 2.25. The van der Waals surface area contributed by atoms with Crippen molar-refractivity contribution in [1.29, 1.82) is 0 Å². The minimum Gasteiger partial charge on any atom is -1.00 e. The summed E-state index contributed by atoms with van der Waals surface area (Å²) in [5.41, 5.74) is 0. The average molecular weight is 525 g/mol. The zero-order valence-corrected chi connectivity index (χ0v) is 23.2. The van der Waals surface area contributed by atoms with Crippen LogP contribution in [0.3, 0.4) is 0 Å². The van der Waals surface area contributed by atoms with Crippen molar-refractivity contribution in [2.75, 3.05) is 40.9 Å². The largest absolute Gasteiger partial charge is 1.00 e. The molecule has 0 aromatic heterocycles. The van der Waals surface area contributed by atoms with Gasteiger partial charge in [-0.1, -0.05) is 70.6 Å². The van der Waals surface area contributed by atoms with Gasteiger partial charge in [0.2, 0.25) is 0 Å². The number of carbonyl (C=O) groups excluding carboxylic acids is 2. The van der Waals surface area contributed by atoms with Gasteiger partial charge in [-0.2, -0.15) is 0 Å². The molecule has 0 unspecified atom stereocenters. The average Bonchev–Trinajstić information content (AvgIpc) is 2.72. The predicted molar refractivity (Wildman–Crippen MR) is 132 cm³/mol. The summed E-state index contributed by atoms with van der Waals surface area (Å²) < 4.78 is 11.2. The molecule has 0 aromatic carbocycles. The van der Waals surface area contributed by atoms with Crippen LogP contribution >= 0.6 is 0 Å². The Bertz CT molecular complexity index is 556. The molecule has 0 aliphatic carbocycles. The number of likely N-dealkylation sites (N-methyl/N-ethyl adjacent to an activating group) is 1. The molecule has 0 bridgehead atoms. The topological polar surface area (TPSA) is 105 Å². The van der Waals surface area contributed by atoms with E-state index in [-0.39, 0.29) is 37.4 Å². The van der Waals surface area contributed by atoms with Crippen LogP contribution in [-0.4, -0.2) is 68.5 Å². The zero-order valence-electron chi connectivity index (χ0n) is 22.4. The maximum Gasteiger partial charge on any atom is 0.309 e. The molecule has 0 radical (unpaired) electrons. The molecule has 35 heavy (non-hydrogen) atoms. The standard InChI is InChI=1S/C25H49N2O7.ClH/c1-5-32-25(29)21-23(22-27(2,3)4)34-24(28)19-17-15-13-11-9-7-6-8-10-12-14-16-18-20-33-26(30)31;/h23H,5-22H2,1-4H3;1H/q+1;/p-1/t23-;/m0./s1. The van der Waals surface area contributed by atoms with E-state index >= 15 is 0 Å². The van der Waals surface area contributed by atoms with Crippen molar-refractivity contribution < 1.29 is 45.9 Å². The zero-order chi connectivity index (χ0) is 25.7. The monoisotopic (exact) mass is 524 g/mol. The number of hydrogen-bond acceptors (Lipinski definition) is 7. The van der Waals surface area contributed by atoms with E-state index in [0.29, 0.717) is 24.1 Å². The minimum absolute atomic E-state index is 0. The Labute approximate surface area is 218 Å². The third kappa shape index (κ3) is 26.8. The number of halogens is 1. The lowest BCUT2D eigenvalue weighted by atomic mass is 10.0.